The molecule has 4 aromatic rings. The first-order valence-corrected chi connectivity index (χ1v) is 10.4. The van der Waals surface area contributed by atoms with Crippen molar-refractivity contribution in [2.75, 3.05) is 12.4 Å². The number of methoxy groups -OCH3 is 1. The second-order valence-corrected chi connectivity index (χ2v) is 7.58. The Balaban J connectivity index is 1.42. The molecule has 158 valence electrons. The molecule has 0 amide bonds. The summed E-state index contributed by atoms with van der Waals surface area (Å²) in [5.74, 6) is 2.21. The summed E-state index contributed by atoms with van der Waals surface area (Å²) in [7, 11) is 3.64. The highest BCUT2D eigenvalue weighted by molar-refractivity contribution is 6.30. The number of ether oxygens (including phenoxy) is 2. The van der Waals surface area contributed by atoms with Crippen LogP contribution in [0, 0.1) is 0 Å². The Morgan fingerprint density at radius 3 is 2.45 bits per heavy atom. The van der Waals surface area contributed by atoms with Gasteiger partial charge in [0.2, 0.25) is 5.95 Å². The van der Waals surface area contributed by atoms with Crippen molar-refractivity contribution in [1.82, 2.24) is 9.55 Å². The van der Waals surface area contributed by atoms with E-state index in [1.807, 2.05) is 90.6 Å². The maximum absolute atomic E-state index is 5.99. The lowest BCUT2D eigenvalue weighted by atomic mass is 10.2. The lowest BCUT2D eigenvalue weighted by Crippen LogP contribution is -2.06. The van der Waals surface area contributed by atoms with Gasteiger partial charge in [-0.2, -0.15) is 0 Å². The molecule has 0 aliphatic rings. The third-order valence-electron chi connectivity index (χ3n) is 5.04. The number of anilines is 1. The smallest absolute Gasteiger partial charge is 0.203 e. The zero-order chi connectivity index (χ0) is 21.6. The number of nitrogens with zero attached hydrogens (tertiary/aromatic N) is 2. The highest BCUT2D eigenvalue weighted by atomic mass is 35.5. The molecule has 31 heavy (non-hydrogen) atoms. The SMILES string of the molecule is COc1cc(CNc2ncc(-c3ccc(Cl)cc3)n2C)ccc1OCc1ccccc1. The minimum absolute atomic E-state index is 0.496. The van der Waals surface area contributed by atoms with Crippen LogP contribution in [0.1, 0.15) is 11.1 Å². The van der Waals surface area contributed by atoms with Gasteiger partial charge >= 0.3 is 0 Å². The van der Waals surface area contributed by atoms with Gasteiger partial charge < -0.3 is 19.4 Å². The summed E-state index contributed by atoms with van der Waals surface area (Å²) in [6.07, 6.45) is 1.85. The van der Waals surface area contributed by atoms with Gasteiger partial charge in [-0.3, -0.25) is 0 Å². The molecule has 6 heteroatoms. The molecule has 0 unspecified atom stereocenters. The second kappa shape index (κ2) is 9.58. The van der Waals surface area contributed by atoms with Gasteiger partial charge in [-0.05, 0) is 41.0 Å². The zero-order valence-electron chi connectivity index (χ0n) is 17.5. The van der Waals surface area contributed by atoms with Crippen LogP contribution in [0.3, 0.4) is 0 Å². The van der Waals surface area contributed by atoms with Crippen LogP contribution in [0.15, 0.2) is 79.0 Å². The van der Waals surface area contributed by atoms with Crippen molar-refractivity contribution < 1.29 is 9.47 Å². The first-order chi connectivity index (χ1) is 15.1. The van der Waals surface area contributed by atoms with Crippen LogP contribution >= 0.6 is 11.6 Å². The summed E-state index contributed by atoms with van der Waals surface area (Å²) >= 11 is 5.99. The number of imidazole rings is 1. The van der Waals surface area contributed by atoms with E-state index in [2.05, 4.69) is 10.3 Å². The Morgan fingerprint density at radius 2 is 1.71 bits per heavy atom. The first kappa shape index (κ1) is 20.8. The van der Waals surface area contributed by atoms with E-state index in [-0.39, 0.29) is 0 Å². The molecule has 1 heterocycles. The van der Waals surface area contributed by atoms with Crippen LogP contribution in [0.5, 0.6) is 11.5 Å². The zero-order valence-corrected chi connectivity index (χ0v) is 18.3. The molecule has 3 aromatic carbocycles. The standard InChI is InChI=1S/C25H24ClN3O2/c1-29-22(20-9-11-21(26)12-10-20)16-28-25(29)27-15-19-8-13-23(24(14-19)30-2)31-17-18-6-4-3-5-7-18/h3-14,16H,15,17H2,1-2H3,(H,27,28). The fraction of sp³-hybridized carbons (Fsp3) is 0.160. The molecule has 0 bridgehead atoms. The number of rotatable bonds is 8. The number of aromatic nitrogens is 2. The third-order valence-corrected chi connectivity index (χ3v) is 5.30. The van der Waals surface area contributed by atoms with Crippen molar-refractivity contribution in [1.29, 1.82) is 0 Å². The Bertz CT molecular complexity index is 1140. The average molecular weight is 434 g/mol. The topological polar surface area (TPSA) is 48.3 Å². The molecule has 0 aliphatic heterocycles. The van der Waals surface area contributed by atoms with E-state index >= 15 is 0 Å². The molecule has 1 N–H and O–H groups in total. The van der Waals surface area contributed by atoms with Gasteiger partial charge in [0.15, 0.2) is 11.5 Å². The van der Waals surface area contributed by atoms with Gasteiger partial charge in [0.1, 0.15) is 6.61 Å². The van der Waals surface area contributed by atoms with Gasteiger partial charge in [-0.1, -0.05) is 60.1 Å². The fourth-order valence-electron chi connectivity index (χ4n) is 3.32. The largest absolute Gasteiger partial charge is 0.493 e. The quantitative estimate of drug-likeness (QED) is 0.373. The fourth-order valence-corrected chi connectivity index (χ4v) is 3.45. The minimum atomic E-state index is 0.496. The van der Waals surface area contributed by atoms with Crippen LogP contribution in [-0.2, 0) is 20.2 Å². The Kier molecular flexibility index (Phi) is 6.43. The molecular weight excluding hydrogens is 410 g/mol. The molecule has 0 fully saturated rings. The number of hydrogen-bond acceptors (Lipinski definition) is 4. The normalized spacial score (nSPS) is 10.7. The van der Waals surface area contributed by atoms with Crippen LogP contribution in [0.2, 0.25) is 5.02 Å². The van der Waals surface area contributed by atoms with Crippen LogP contribution in [0.4, 0.5) is 5.95 Å². The van der Waals surface area contributed by atoms with E-state index < -0.39 is 0 Å². The van der Waals surface area contributed by atoms with E-state index in [0.717, 1.165) is 39.1 Å². The highest BCUT2D eigenvalue weighted by Gasteiger charge is 2.10. The molecule has 0 saturated heterocycles. The summed E-state index contributed by atoms with van der Waals surface area (Å²) in [4.78, 5) is 4.52. The molecule has 4 rings (SSSR count). The van der Waals surface area contributed by atoms with Crippen LogP contribution in [0.25, 0.3) is 11.3 Å². The van der Waals surface area contributed by atoms with Crippen molar-refractivity contribution in [2.45, 2.75) is 13.2 Å². The van der Waals surface area contributed by atoms with E-state index in [9.17, 15) is 0 Å². The Hall–Kier alpha value is -3.44. The van der Waals surface area contributed by atoms with Crippen molar-refractivity contribution in [2.24, 2.45) is 7.05 Å². The molecule has 5 nitrogen and oxygen atoms in total. The van der Waals surface area contributed by atoms with Gasteiger partial charge in [-0.25, -0.2) is 4.98 Å². The van der Waals surface area contributed by atoms with Crippen molar-refractivity contribution in [3.8, 4) is 22.8 Å². The van der Waals surface area contributed by atoms with Crippen molar-refractivity contribution in [3.63, 3.8) is 0 Å². The summed E-state index contributed by atoms with van der Waals surface area (Å²) < 4.78 is 13.5. The Labute approximate surface area is 187 Å². The molecule has 0 saturated carbocycles. The number of halogens is 1. The summed E-state index contributed by atoms with van der Waals surface area (Å²) in [5.41, 5.74) is 4.26. The van der Waals surface area contributed by atoms with Crippen molar-refractivity contribution in [3.05, 3.63) is 95.1 Å². The maximum Gasteiger partial charge on any atom is 0.203 e. The number of nitrogens with one attached hydrogen (secondary N) is 1. The molecule has 0 atom stereocenters. The molecular formula is C25H24ClN3O2. The van der Waals surface area contributed by atoms with Crippen LogP contribution < -0.4 is 14.8 Å². The van der Waals surface area contributed by atoms with Crippen LogP contribution in [-0.4, -0.2) is 16.7 Å². The Morgan fingerprint density at radius 1 is 0.935 bits per heavy atom. The second-order valence-electron chi connectivity index (χ2n) is 7.15. The lowest BCUT2D eigenvalue weighted by Gasteiger charge is -2.13. The van der Waals surface area contributed by atoms with Gasteiger partial charge in [0.05, 0.1) is 19.0 Å². The highest BCUT2D eigenvalue weighted by Crippen LogP contribution is 2.29. The molecule has 0 aliphatic carbocycles. The summed E-state index contributed by atoms with van der Waals surface area (Å²) in [5, 5.41) is 4.11. The van der Waals surface area contributed by atoms with E-state index in [1.54, 1.807) is 7.11 Å². The third kappa shape index (κ3) is 5.01. The lowest BCUT2D eigenvalue weighted by molar-refractivity contribution is 0.284. The number of hydrogen-bond donors (Lipinski definition) is 1. The summed E-state index contributed by atoms with van der Waals surface area (Å²) in [6.45, 7) is 1.11. The van der Waals surface area contributed by atoms with E-state index in [1.165, 1.54) is 0 Å². The predicted molar refractivity (Wildman–Crippen MR) is 125 cm³/mol. The first-order valence-electron chi connectivity index (χ1n) is 9.99. The minimum Gasteiger partial charge on any atom is -0.493 e. The van der Waals surface area contributed by atoms with E-state index in [4.69, 9.17) is 21.1 Å². The number of benzene rings is 3. The molecule has 0 radical (unpaired) electrons. The van der Waals surface area contributed by atoms with Gasteiger partial charge in [0.25, 0.3) is 0 Å². The average Bonchev–Trinajstić information content (AvgIpc) is 3.18. The van der Waals surface area contributed by atoms with E-state index in [0.29, 0.717) is 18.9 Å². The maximum atomic E-state index is 5.99. The summed E-state index contributed by atoms with van der Waals surface area (Å²) in [6, 6.07) is 23.8. The van der Waals surface area contributed by atoms with Crippen molar-refractivity contribution >= 4 is 17.5 Å². The molecule has 1 aromatic heterocycles. The van der Waals surface area contributed by atoms with Gasteiger partial charge in [0, 0.05) is 18.6 Å². The van der Waals surface area contributed by atoms with Gasteiger partial charge in [-0.15, -0.1) is 0 Å². The molecule has 0 spiro atoms. The monoisotopic (exact) mass is 433 g/mol. The predicted octanol–water partition coefficient (Wildman–Crippen LogP) is 5.94.